The van der Waals surface area contributed by atoms with E-state index in [1.165, 1.54) is 5.56 Å². The van der Waals surface area contributed by atoms with Gasteiger partial charge in [-0.05, 0) is 36.0 Å². The molecule has 0 saturated carbocycles. The second-order valence-corrected chi connectivity index (χ2v) is 7.86. The first-order valence-corrected chi connectivity index (χ1v) is 8.89. The zero-order chi connectivity index (χ0) is 19.0. The third kappa shape index (κ3) is 8.57. The molecule has 2 N–H and O–H groups in total. The fourth-order valence-corrected chi connectivity index (χ4v) is 2.26. The summed E-state index contributed by atoms with van der Waals surface area (Å²) >= 11 is 0. The Bertz CT molecular complexity index is 559. The van der Waals surface area contributed by atoms with Gasteiger partial charge in [0.1, 0.15) is 5.75 Å². The molecule has 0 fully saturated rings. The highest BCUT2D eigenvalue weighted by molar-refractivity contribution is 5.81. The lowest BCUT2D eigenvalue weighted by Gasteiger charge is -2.18. The molecule has 0 spiro atoms. The van der Waals surface area contributed by atoms with Gasteiger partial charge in [-0.25, -0.2) is 0 Å². The van der Waals surface area contributed by atoms with Crippen molar-refractivity contribution in [2.45, 2.75) is 60.0 Å². The van der Waals surface area contributed by atoms with Gasteiger partial charge in [0.15, 0.2) is 6.10 Å². The molecule has 1 rings (SSSR count). The Morgan fingerprint density at radius 3 is 2.08 bits per heavy atom. The Kier molecular flexibility index (Phi) is 7.94. The average Bonchev–Trinajstić information content (AvgIpc) is 2.50. The molecule has 0 saturated heterocycles. The van der Waals surface area contributed by atoms with E-state index < -0.39 is 6.10 Å². The van der Waals surface area contributed by atoms with Crippen LogP contribution in [-0.2, 0) is 9.59 Å². The molecule has 2 amide bonds. The van der Waals surface area contributed by atoms with Gasteiger partial charge >= 0.3 is 0 Å². The normalized spacial score (nSPS) is 12.6. The van der Waals surface area contributed by atoms with E-state index in [9.17, 15) is 9.59 Å². The number of ether oxygens (including phenoxy) is 1. The van der Waals surface area contributed by atoms with Crippen molar-refractivity contribution in [3.8, 4) is 5.75 Å². The lowest BCUT2D eigenvalue weighted by Crippen LogP contribution is -2.41. The van der Waals surface area contributed by atoms with E-state index in [4.69, 9.17) is 4.74 Å². The molecular weight excluding hydrogens is 316 g/mol. The van der Waals surface area contributed by atoms with Crippen LogP contribution in [0.15, 0.2) is 24.3 Å². The highest BCUT2D eigenvalue weighted by Gasteiger charge is 2.16. The summed E-state index contributed by atoms with van der Waals surface area (Å²) in [5, 5.41) is 5.58. The summed E-state index contributed by atoms with van der Waals surface area (Å²) < 4.78 is 5.66. The highest BCUT2D eigenvalue weighted by atomic mass is 16.5. The minimum Gasteiger partial charge on any atom is -0.481 e. The topological polar surface area (TPSA) is 67.4 Å². The van der Waals surface area contributed by atoms with Crippen molar-refractivity contribution in [2.24, 2.45) is 5.41 Å². The number of nitrogens with one attached hydrogen (secondary N) is 2. The molecule has 1 aromatic rings. The van der Waals surface area contributed by atoms with Crippen LogP contribution in [0, 0.1) is 5.41 Å². The number of amides is 2. The molecule has 1 aromatic carbocycles. The molecule has 25 heavy (non-hydrogen) atoms. The third-order valence-corrected chi connectivity index (χ3v) is 3.67. The van der Waals surface area contributed by atoms with Crippen molar-refractivity contribution >= 4 is 11.8 Å². The largest absolute Gasteiger partial charge is 0.481 e. The second kappa shape index (κ2) is 9.44. The van der Waals surface area contributed by atoms with Crippen LogP contribution in [0.2, 0.25) is 0 Å². The summed E-state index contributed by atoms with van der Waals surface area (Å²) in [6.45, 7) is 12.8. The van der Waals surface area contributed by atoms with Crippen LogP contribution in [0.3, 0.4) is 0 Å². The van der Waals surface area contributed by atoms with Gasteiger partial charge < -0.3 is 15.4 Å². The van der Waals surface area contributed by atoms with Crippen LogP contribution in [-0.4, -0.2) is 31.0 Å². The van der Waals surface area contributed by atoms with Gasteiger partial charge in [0, 0.05) is 19.5 Å². The van der Waals surface area contributed by atoms with Gasteiger partial charge in [-0.1, -0.05) is 46.8 Å². The Morgan fingerprint density at radius 2 is 1.56 bits per heavy atom. The Labute approximate surface area is 151 Å². The van der Waals surface area contributed by atoms with Gasteiger partial charge in [-0.15, -0.1) is 0 Å². The Hall–Kier alpha value is -2.04. The molecule has 0 aromatic heterocycles. The van der Waals surface area contributed by atoms with Crippen molar-refractivity contribution in [1.29, 1.82) is 0 Å². The summed E-state index contributed by atoms with van der Waals surface area (Å²) in [6, 6.07) is 7.78. The molecule has 0 heterocycles. The zero-order valence-corrected chi connectivity index (χ0v) is 16.3. The summed E-state index contributed by atoms with van der Waals surface area (Å²) in [5.41, 5.74) is 1.19. The molecular formula is C20H32N2O3. The number of hydrogen-bond donors (Lipinski definition) is 2. The van der Waals surface area contributed by atoms with E-state index in [-0.39, 0.29) is 17.2 Å². The second-order valence-electron chi connectivity index (χ2n) is 7.86. The van der Waals surface area contributed by atoms with Crippen molar-refractivity contribution in [2.75, 3.05) is 13.1 Å². The SMILES string of the molecule is CC(Oc1ccc(C(C)C)cc1)C(=O)NCCNC(=O)CC(C)(C)C. The number of hydrogen-bond acceptors (Lipinski definition) is 3. The Morgan fingerprint density at radius 1 is 1.00 bits per heavy atom. The van der Waals surface area contributed by atoms with E-state index >= 15 is 0 Å². The molecule has 0 bridgehead atoms. The molecule has 5 heteroatoms. The first-order chi connectivity index (χ1) is 11.6. The summed E-state index contributed by atoms with van der Waals surface area (Å²) in [5.74, 6) is 0.933. The van der Waals surface area contributed by atoms with Gasteiger partial charge in [-0.3, -0.25) is 9.59 Å². The fourth-order valence-electron chi connectivity index (χ4n) is 2.26. The van der Waals surface area contributed by atoms with Crippen molar-refractivity contribution in [1.82, 2.24) is 10.6 Å². The summed E-state index contributed by atoms with van der Waals surface area (Å²) in [4.78, 5) is 23.8. The number of rotatable bonds is 8. The zero-order valence-electron chi connectivity index (χ0n) is 16.3. The predicted octanol–water partition coefficient (Wildman–Crippen LogP) is 3.25. The van der Waals surface area contributed by atoms with Gasteiger partial charge in [0.05, 0.1) is 0 Å². The molecule has 1 atom stereocenters. The van der Waals surface area contributed by atoms with Crippen molar-refractivity contribution in [3.63, 3.8) is 0 Å². The maximum Gasteiger partial charge on any atom is 0.260 e. The molecule has 0 aliphatic rings. The number of carbonyl (C=O) groups excluding carboxylic acids is 2. The van der Waals surface area contributed by atoms with E-state index in [1.807, 2.05) is 45.0 Å². The molecule has 0 radical (unpaired) electrons. The van der Waals surface area contributed by atoms with Crippen LogP contribution in [0.5, 0.6) is 5.75 Å². The lowest BCUT2D eigenvalue weighted by molar-refractivity contribution is -0.127. The van der Waals surface area contributed by atoms with E-state index in [1.54, 1.807) is 6.92 Å². The van der Waals surface area contributed by atoms with E-state index in [0.29, 0.717) is 31.2 Å². The van der Waals surface area contributed by atoms with Crippen LogP contribution in [0.4, 0.5) is 0 Å². The predicted molar refractivity (Wildman–Crippen MR) is 101 cm³/mol. The number of carbonyl (C=O) groups is 2. The third-order valence-electron chi connectivity index (χ3n) is 3.67. The minimum atomic E-state index is -0.588. The highest BCUT2D eigenvalue weighted by Crippen LogP contribution is 2.19. The van der Waals surface area contributed by atoms with Crippen molar-refractivity contribution < 1.29 is 14.3 Å². The molecule has 0 aliphatic carbocycles. The van der Waals surface area contributed by atoms with E-state index in [0.717, 1.165) is 0 Å². The quantitative estimate of drug-likeness (QED) is 0.709. The first kappa shape index (κ1) is 21.0. The standard InChI is InChI=1S/C20H32N2O3/c1-14(2)16-7-9-17(10-8-16)25-15(3)19(24)22-12-11-21-18(23)13-20(4,5)6/h7-10,14-15H,11-13H2,1-6H3,(H,21,23)(H,22,24). The van der Waals surface area contributed by atoms with E-state index in [2.05, 4.69) is 24.5 Å². The molecule has 140 valence electrons. The Balaban J connectivity index is 2.31. The van der Waals surface area contributed by atoms with Gasteiger partial charge in [-0.2, -0.15) is 0 Å². The van der Waals surface area contributed by atoms with Crippen LogP contribution in [0.25, 0.3) is 0 Å². The molecule has 0 aliphatic heterocycles. The first-order valence-electron chi connectivity index (χ1n) is 8.89. The van der Waals surface area contributed by atoms with Crippen LogP contribution < -0.4 is 15.4 Å². The maximum absolute atomic E-state index is 12.0. The van der Waals surface area contributed by atoms with Gasteiger partial charge in [0.2, 0.25) is 5.91 Å². The lowest BCUT2D eigenvalue weighted by atomic mass is 9.92. The minimum absolute atomic E-state index is 0.00344. The fraction of sp³-hybridized carbons (Fsp3) is 0.600. The van der Waals surface area contributed by atoms with Gasteiger partial charge in [0.25, 0.3) is 5.91 Å². The summed E-state index contributed by atoms with van der Waals surface area (Å²) in [7, 11) is 0. The maximum atomic E-state index is 12.0. The average molecular weight is 348 g/mol. The monoisotopic (exact) mass is 348 g/mol. The van der Waals surface area contributed by atoms with Crippen LogP contribution in [0.1, 0.15) is 59.4 Å². The summed E-state index contributed by atoms with van der Waals surface area (Å²) in [6.07, 6.45) is -0.123. The molecule has 5 nitrogen and oxygen atoms in total. The number of benzene rings is 1. The van der Waals surface area contributed by atoms with Crippen molar-refractivity contribution in [3.05, 3.63) is 29.8 Å². The smallest absolute Gasteiger partial charge is 0.260 e. The van der Waals surface area contributed by atoms with Crippen LogP contribution >= 0.6 is 0 Å². The molecule has 1 unspecified atom stereocenters.